The summed E-state index contributed by atoms with van der Waals surface area (Å²) in [7, 11) is -3.34. The smallest absolute Gasteiger partial charge is 0.316 e. The van der Waals surface area contributed by atoms with Crippen LogP contribution in [0.2, 0.25) is 0 Å². The highest BCUT2D eigenvalue weighted by Gasteiger charge is 2.61. The van der Waals surface area contributed by atoms with E-state index in [1.165, 1.54) is 28.9 Å². The average molecular weight is 657 g/mol. The van der Waals surface area contributed by atoms with Gasteiger partial charge in [-0.1, -0.05) is 55.3 Å². The van der Waals surface area contributed by atoms with Gasteiger partial charge < -0.3 is 15.0 Å². The van der Waals surface area contributed by atoms with Crippen molar-refractivity contribution in [1.29, 1.82) is 0 Å². The third-order valence-electron chi connectivity index (χ3n) is 11.0. The molecule has 1 aliphatic carbocycles. The van der Waals surface area contributed by atoms with E-state index >= 15 is 0 Å². The van der Waals surface area contributed by atoms with Gasteiger partial charge in [0, 0.05) is 50.8 Å². The number of sulfone groups is 1. The third-order valence-corrected chi connectivity index (χ3v) is 12.1. The lowest BCUT2D eigenvalue weighted by molar-refractivity contribution is -0.140. The van der Waals surface area contributed by atoms with Gasteiger partial charge in [0.05, 0.1) is 17.0 Å². The van der Waals surface area contributed by atoms with Crippen molar-refractivity contribution < 1.29 is 22.8 Å². The predicted octanol–water partition coefficient (Wildman–Crippen LogP) is 4.26. The van der Waals surface area contributed by atoms with E-state index in [9.17, 15) is 22.8 Å². The molecule has 0 radical (unpaired) electrons. The number of rotatable bonds is 9. The Morgan fingerprint density at radius 3 is 2.20 bits per heavy atom. The number of nitrogens with one attached hydrogen (secondary N) is 1. The quantitative estimate of drug-likeness (QED) is 0.318. The first kappa shape index (κ1) is 33.6. The van der Waals surface area contributed by atoms with Crippen molar-refractivity contribution in [1.82, 2.24) is 20.0 Å². The van der Waals surface area contributed by atoms with Crippen molar-refractivity contribution in [2.75, 3.05) is 39.0 Å². The first-order valence-corrected chi connectivity index (χ1v) is 17.9. The zero-order chi connectivity index (χ0) is 31.1. The largest absolute Gasteiger partial charge is 0.327 e. The van der Waals surface area contributed by atoms with E-state index in [-0.39, 0.29) is 53.5 Å². The monoisotopic (exact) mass is 656 g/mol. The minimum Gasteiger partial charge on any atom is -0.316 e. The van der Waals surface area contributed by atoms with Gasteiger partial charge >= 0.3 is 6.03 Å². The van der Waals surface area contributed by atoms with E-state index < -0.39 is 20.9 Å². The molecule has 4 aliphatic rings. The summed E-state index contributed by atoms with van der Waals surface area (Å²) in [5, 5.41) is 3.61. The first-order chi connectivity index (χ1) is 21.2. The van der Waals surface area contributed by atoms with Crippen LogP contribution in [0.15, 0.2) is 59.5 Å². The second-order valence-electron chi connectivity index (χ2n) is 13.1. The highest BCUT2D eigenvalue weighted by atomic mass is 35.5. The van der Waals surface area contributed by atoms with Crippen LogP contribution < -0.4 is 5.32 Å². The number of urea groups is 1. The van der Waals surface area contributed by atoms with Crippen molar-refractivity contribution in [3.8, 4) is 0 Å². The van der Waals surface area contributed by atoms with E-state index in [0.717, 1.165) is 45.0 Å². The van der Waals surface area contributed by atoms with E-state index in [2.05, 4.69) is 34.5 Å². The standard InChI is InChI=1S/C34H44N4O5S.ClH/c1-3-38-32(41)37(23-25-13-15-28(16-14-25)44(2,42)43)31(40)33(38)17-19-36(20-18-33)34(24-39,27-11-7-8-12-27)30-22-35-21-29(30)26-9-5-4-6-10-26;/h4-6,9-10,13-16,24,27,29-30,35H,3,7-8,11-12,17-23H2,1-2H3;1H. The van der Waals surface area contributed by atoms with Crippen molar-refractivity contribution in [3.63, 3.8) is 0 Å². The number of carbonyl (C=O) groups is 3. The summed E-state index contributed by atoms with van der Waals surface area (Å²) in [6, 6.07) is 16.6. The number of benzene rings is 2. The van der Waals surface area contributed by atoms with E-state index in [4.69, 9.17) is 0 Å². The Balaban J connectivity index is 0.00000400. The molecule has 1 N–H and O–H groups in total. The van der Waals surface area contributed by atoms with E-state index in [1.54, 1.807) is 17.0 Å². The Kier molecular flexibility index (Phi) is 9.80. The normalized spacial score (nSPS) is 25.5. The van der Waals surface area contributed by atoms with Crippen LogP contribution in [-0.4, -0.2) is 91.4 Å². The van der Waals surface area contributed by atoms with Crippen LogP contribution in [0.4, 0.5) is 4.79 Å². The zero-order valence-electron chi connectivity index (χ0n) is 26.2. The molecule has 3 amide bonds. The van der Waals surface area contributed by atoms with Crippen LogP contribution >= 0.6 is 12.4 Å². The maximum atomic E-state index is 14.1. The molecular formula is C34H45ClN4O5S. The predicted molar refractivity (Wildman–Crippen MR) is 175 cm³/mol. The Bertz CT molecular complexity index is 1490. The van der Waals surface area contributed by atoms with Gasteiger partial charge in [-0.3, -0.25) is 14.6 Å². The molecule has 0 aromatic heterocycles. The lowest BCUT2D eigenvalue weighted by Gasteiger charge is -2.53. The molecular weight excluding hydrogens is 612 g/mol. The minimum absolute atomic E-state index is 0. The zero-order valence-corrected chi connectivity index (χ0v) is 27.8. The molecule has 244 valence electrons. The minimum atomic E-state index is -3.34. The molecule has 2 aromatic carbocycles. The number of likely N-dealkylation sites (N-methyl/N-ethyl adjacent to an activating group) is 1. The number of hydrogen-bond acceptors (Lipinski definition) is 7. The summed E-state index contributed by atoms with van der Waals surface area (Å²) in [6.07, 6.45) is 7.68. The summed E-state index contributed by atoms with van der Waals surface area (Å²) >= 11 is 0. The number of likely N-dealkylation sites (tertiary alicyclic amines) is 1. The molecule has 0 bridgehead atoms. The second kappa shape index (κ2) is 13.1. The summed E-state index contributed by atoms with van der Waals surface area (Å²) in [5.41, 5.74) is 0.387. The molecule has 6 rings (SSSR count). The molecule has 3 aliphatic heterocycles. The number of imide groups is 1. The highest BCUT2D eigenvalue weighted by molar-refractivity contribution is 7.90. The highest BCUT2D eigenvalue weighted by Crippen LogP contribution is 2.49. The van der Waals surface area contributed by atoms with Crippen molar-refractivity contribution >= 4 is 40.5 Å². The summed E-state index contributed by atoms with van der Waals surface area (Å²) in [4.78, 5) is 46.9. The maximum Gasteiger partial charge on any atom is 0.327 e. The Hall–Kier alpha value is -2.79. The molecule has 2 aromatic rings. The molecule has 4 fully saturated rings. The maximum absolute atomic E-state index is 14.1. The lowest BCUT2D eigenvalue weighted by Crippen LogP contribution is -2.66. The van der Waals surface area contributed by atoms with E-state index in [1.807, 2.05) is 13.0 Å². The Morgan fingerprint density at radius 2 is 1.62 bits per heavy atom. The van der Waals surface area contributed by atoms with Gasteiger partial charge in [-0.2, -0.15) is 0 Å². The molecule has 3 heterocycles. The summed E-state index contributed by atoms with van der Waals surface area (Å²) < 4.78 is 23.8. The van der Waals surface area contributed by atoms with Crippen LogP contribution in [0.25, 0.3) is 0 Å². The molecule has 1 spiro atoms. The average Bonchev–Trinajstić information content (AvgIpc) is 3.78. The second-order valence-corrected chi connectivity index (χ2v) is 15.1. The van der Waals surface area contributed by atoms with Crippen LogP contribution in [0.5, 0.6) is 0 Å². The number of amides is 3. The van der Waals surface area contributed by atoms with Crippen molar-refractivity contribution in [2.45, 2.75) is 73.9 Å². The number of aldehydes is 1. The number of nitrogens with zero attached hydrogens (tertiary/aromatic N) is 3. The van der Waals surface area contributed by atoms with Gasteiger partial charge in [0.25, 0.3) is 5.91 Å². The van der Waals surface area contributed by atoms with Crippen molar-refractivity contribution in [2.24, 2.45) is 11.8 Å². The number of carbonyl (C=O) groups excluding carboxylic acids is 3. The van der Waals surface area contributed by atoms with Gasteiger partial charge in [0.15, 0.2) is 9.84 Å². The summed E-state index contributed by atoms with van der Waals surface area (Å²) in [6.45, 7) is 5.17. The Morgan fingerprint density at radius 1 is 0.978 bits per heavy atom. The van der Waals surface area contributed by atoms with Gasteiger partial charge in [0.2, 0.25) is 0 Å². The lowest BCUT2D eigenvalue weighted by atomic mass is 9.66. The van der Waals surface area contributed by atoms with Crippen molar-refractivity contribution in [3.05, 3.63) is 65.7 Å². The van der Waals surface area contributed by atoms with Crippen LogP contribution in [0.1, 0.15) is 62.5 Å². The fourth-order valence-corrected chi connectivity index (χ4v) is 9.42. The molecule has 3 saturated heterocycles. The molecule has 1 saturated carbocycles. The van der Waals surface area contributed by atoms with Gasteiger partial charge in [-0.25, -0.2) is 13.2 Å². The molecule has 3 atom stereocenters. The van der Waals surface area contributed by atoms with Crippen LogP contribution in [0.3, 0.4) is 0 Å². The number of halogens is 1. The van der Waals surface area contributed by atoms with Gasteiger partial charge in [-0.15, -0.1) is 12.4 Å². The van der Waals surface area contributed by atoms with Gasteiger partial charge in [0.1, 0.15) is 11.8 Å². The number of piperidine rings is 1. The molecule has 11 heteroatoms. The summed E-state index contributed by atoms with van der Waals surface area (Å²) in [5.74, 6) is 0.414. The van der Waals surface area contributed by atoms with Gasteiger partial charge in [-0.05, 0) is 61.8 Å². The molecule has 3 unspecified atom stereocenters. The molecule has 9 nitrogen and oxygen atoms in total. The van der Waals surface area contributed by atoms with Crippen LogP contribution in [0, 0.1) is 11.8 Å². The Labute approximate surface area is 273 Å². The topological polar surface area (TPSA) is 107 Å². The van der Waals surface area contributed by atoms with E-state index in [0.29, 0.717) is 38.0 Å². The SMILES string of the molecule is CCN1C(=O)N(Cc2ccc(S(C)(=O)=O)cc2)C(=O)C12CCN(C(C=O)(C1CCCC1)C1CNCC1c1ccccc1)CC2.Cl. The fourth-order valence-electron chi connectivity index (χ4n) is 8.79. The van der Waals surface area contributed by atoms with Crippen LogP contribution in [-0.2, 0) is 26.0 Å². The number of hydrogen-bond donors (Lipinski definition) is 1. The fraction of sp³-hybridized carbons (Fsp3) is 0.559. The first-order valence-electron chi connectivity index (χ1n) is 16.1. The third kappa shape index (κ3) is 5.72. The molecule has 45 heavy (non-hydrogen) atoms.